The van der Waals surface area contributed by atoms with Gasteiger partial charge in [0.2, 0.25) is 0 Å². The summed E-state index contributed by atoms with van der Waals surface area (Å²) in [5, 5.41) is 9.76. The first-order valence-electron chi connectivity index (χ1n) is 7.12. The highest BCUT2D eigenvalue weighted by atomic mass is 16.5. The molecule has 6 nitrogen and oxygen atoms in total. The van der Waals surface area contributed by atoms with E-state index in [4.69, 9.17) is 4.74 Å². The Kier molecular flexibility index (Phi) is 4.44. The first-order chi connectivity index (χ1) is 11.3. The highest BCUT2D eigenvalue weighted by molar-refractivity contribution is 5.94. The van der Waals surface area contributed by atoms with Crippen LogP contribution in [0.15, 0.2) is 60.9 Å². The second-order valence-electron chi connectivity index (χ2n) is 4.92. The zero-order valence-corrected chi connectivity index (χ0v) is 12.6. The van der Waals surface area contributed by atoms with Crippen molar-refractivity contribution < 1.29 is 9.53 Å². The molecule has 1 aromatic carbocycles. The van der Waals surface area contributed by atoms with Crippen LogP contribution in [0.5, 0.6) is 0 Å². The van der Waals surface area contributed by atoms with Crippen molar-refractivity contribution in [3.05, 3.63) is 66.5 Å². The van der Waals surface area contributed by atoms with Gasteiger partial charge < -0.3 is 10.1 Å². The van der Waals surface area contributed by atoms with Crippen LogP contribution in [0.25, 0.3) is 11.3 Å². The monoisotopic (exact) mass is 308 g/mol. The molecule has 3 aromatic rings. The number of methoxy groups -OCH3 is 1. The average Bonchev–Trinajstić information content (AvgIpc) is 3.06. The van der Waals surface area contributed by atoms with Gasteiger partial charge >= 0.3 is 0 Å². The number of nitrogens with one attached hydrogen (secondary N) is 2. The van der Waals surface area contributed by atoms with Crippen molar-refractivity contribution in [2.75, 3.05) is 12.4 Å². The quantitative estimate of drug-likeness (QED) is 0.759. The van der Waals surface area contributed by atoms with Crippen molar-refractivity contribution >= 4 is 11.7 Å². The predicted octanol–water partition coefficient (Wildman–Crippen LogP) is 2.80. The Balaban J connectivity index is 1.74. The SMILES string of the molecule is COC(C(=O)Nc1cc(-c2ccncc2)[nH]n1)c1ccccc1. The number of rotatable bonds is 5. The van der Waals surface area contributed by atoms with Gasteiger partial charge in [0.15, 0.2) is 11.9 Å². The first kappa shape index (κ1) is 14.9. The molecule has 3 rings (SSSR count). The number of nitrogens with zero attached hydrogens (tertiary/aromatic N) is 2. The van der Waals surface area contributed by atoms with E-state index in [1.54, 1.807) is 18.5 Å². The number of H-pyrrole nitrogens is 1. The van der Waals surface area contributed by atoms with E-state index in [1.807, 2.05) is 42.5 Å². The lowest BCUT2D eigenvalue weighted by atomic mass is 10.1. The minimum Gasteiger partial charge on any atom is -0.367 e. The molecule has 1 atom stereocenters. The zero-order chi connectivity index (χ0) is 16.1. The van der Waals surface area contributed by atoms with Crippen LogP contribution < -0.4 is 5.32 Å². The smallest absolute Gasteiger partial charge is 0.259 e. The third-order valence-electron chi connectivity index (χ3n) is 3.40. The van der Waals surface area contributed by atoms with E-state index in [9.17, 15) is 4.79 Å². The number of aromatic amines is 1. The van der Waals surface area contributed by atoms with Crippen molar-refractivity contribution in [1.82, 2.24) is 15.2 Å². The Labute approximate surface area is 133 Å². The molecule has 0 radical (unpaired) electrons. The summed E-state index contributed by atoms with van der Waals surface area (Å²) in [7, 11) is 1.50. The van der Waals surface area contributed by atoms with E-state index in [0.717, 1.165) is 16.8 Å². The second-order valence-corrected chi connectivity index (χ2v) is 4.92. The lowest BCUT2D eigenvalue weighted by molar-refractivity contribution is -0.126. The third kappa shape index (κ3) is 3.44. The van der Waals surface area contributed by atoms with Gasteiger partial charge in [-0.1, -0.05) is 30.3 Å². The summed E-state index contributed by atoms with van der Waals surface area (Å²) < 4.78 is 5.30. The van der Waals surface area contributed by atoms with E-state index in [-0.39, 0.29) is 5.91 Å². The Bertz CT molecular complexity index is 772. The van der Waals surface area contributed by atoms with Crippen LogP contribution in [-0.2, 0) is 9.53 Å². The van der Waals surface area contributed by atoms with Gasteiger partial charge in [0, 0.05) is 31.1 Å². The number of pyridine rings is 1. The minimum atomic E-state index is -0.683. The molecule has 0 saturated heterocycles. The molecule has 2 aromatic heterocycles. The van der Waals surface area contributed by atoms with Gasteiger partial charge in [0.05, 0.1) is 5.69 Å². The number of hydrogen-bond donors (Lipinski definition) is 2. The van der Waals surface area contributed by atoms with Crippen LogP contribution in [0.1, 0.15) is 11.7 Å². The molecule has 2 N–H and O–H groups in total. The molecular formula is C17H16N4O2. The molecule has 0 saturated carbocycles. The topological polar surface area (TPSA) is 79.9 Å². The number of aromatic nitrogens is 3. The van der Waals surface area contributed by atoms with Crippen LogP contribution in [0.4, 0.5) is 5.82 Å². The molecule has 1 amide bonds. The van der Waals surface area contributed by atoms with Crippen LogP contribution in [0.2, 0.25) is 0 Å². The van der Waals surface area contributed by atoms with Gasteiger partial charge in [0.25, 0.3) is 5.91 Å². The summed E-state index contributed by atoms with van der Waals surface area (Å²) in [5.41, 5.74) is 2.54. The molecule has 0 fully saturated rings. The lowest BCUT2D eigenvalue weighted by Gasteiger charge is -2.14. The molecule has 0 spiro atoms. The molecule has 0 aliphatic carbocycles. The summed E-state index contributed by atoms with van der Waals surface area (Å²) in [5.74, 6) is 0.172. The van der Waals surface area contributed by atoms with Gasteiger partial charge in [-0.05, 0) is 17.7 Å². The van der Waals surface area contributed by atoms with Crippen molar-refractivity contribution in [3.63, 3.8) is 0 Å². The zero-order valence-electron chi connectivity index (χ0n) is 12.6. The average molecular weight is 308 g/mol. The number of carbonyl (C=O) groups is 1. The molecule has 0 aliphatic rings. The normalized spacial score (nSPS) is 11.9. The van der Waals surface area contributed by atoms with Crippen LogP contribution >= 0.6 is 0 Å². The summed E-state index contributed by atoms with van der Waals surface area (Å²) in [6.45, 7) is 0. The maximum Gasteiger partial charge on any atom is 0.259 e. The molecule has 0 bridgehead atoms. The van der Waals surface area contributed by atoms with E-state index < -0.39 is 6.10 Å². The summed E-state index contributed by atoms with van der Waals surface area (Å²) in [6, 6.07) is 14.8. The number of ether oxygens (including phenoxy) is 1. The number of carbonyl (C=O) groups excluding carboxylic acids is 1. The molecule has 116 valence electrons. The third-order valence-corrected chi connectivity index (χ3v) is 3.40. The Morgan fingerprint density at radius 1 is 1.17 bits per heavy atom. The molecular weight excluding hydrogens is 292 g/mol. The van der Waals surface area contributed by atoms with Crippen LogP contribution in [0, 0.1) is 0 Å². The predicted molar refractivity (Wildman–Crippen MR) is 86.6 cm³/mol. The molecule has 2 heterocycles. The van der Waals surface area contributed by atoms with Gasteiger partial charge in [-0.15, -0.1) is 0 Å². The fraction of sp³-hybridized carbons (Fsp3) is 0.118. The summed E-state index contributed by atoms with van der Waals surface area (Å²) in [6.07, 6.45) is 2.72. The highest BCUT2D eigenvalue weighted by Gasteiger charge is 2.20. The van der Waals surface area contributed by atoms with Gasteiger partial charge in [-0.25, -0.2) is 0 Å². The largest absolute Gasteiger partial charge is 0.367 e. The Hall–Kier alpha value is -2.99. The molecule has 1 unspecified atom stereocenters. The van der Waals surface area contributed by atoms with Crippen molar-refractivity contribution in [3.8, 4) is 11.3 Å². The van der Waals surface area contributed by atoms with Gasteiger partial charge in [-0.2, -0.15) is 5.10 Å². The van der Waals surface area contributed by atoms with Crippen molar-refractivity contribution in [1.29, 1.82) is 0 Å². The first-order valence-corrected chi connectivity index (χ1v) is 7.12. The maximum atomic E-state index is 12.4. The van der Waals surface area contributed by atoms with Crippen molar-refractivity contribution in [2.45, 2.75) is 6.10 Å². The second kappa shape index (κ2) is 6.85. The molecule has 0 aliphatic heterocycles. The molecule has 23 heavy (non-hydrogen) atoms. The van der Waals surface area contributed by atoms with E-state index in [0.29, 0.717) is 5.82 Å². The lowest BCUT2D eigenvalue weighted by Crippen LogP contribution is -2.22. The highest BCUT2D eigenvalue weighted by Crippen LogP contribution is 2.21. The summed E-state index contributed by atoms with van der Waals surface area (Å²) >= 11 is 0. The number of anilines is 1. The van der Waals surface area contributed by atoms with Crippen LogP contribution in [0.3, 0.4) is 0 Å². The summed E-state index contributed by atoms with van der Waals surface area (Å²) in [4.78, 5) is 16.4. The number of hydrogen-bond acceptors (Lipinski definition) is 4. The number of benzene rings is 1. The van der Waals surface area contributed by atoms with E-state index >= 15 is 0 Å². The number of amides is 1. The maximum absolute atomic E-state index is 12.4. The fourth-order valence-corrected chi connectivity index (χ4v) is 2.28. The Morgan fingerprint density at radius 3 is 2.61 bits per heavy atom. The van der Waals surface area contributed by atoms with Crippen LogP contribution in [-0.4, -0.2) is 28.2 Å². The standard InChI is InChI=1S/C17H16N4O2/c1-23-16(13-5-3-2-4-6-13)17(22)19-15-11-14(20-21-15)12-7-9-18-10-8-12/h2-11,16H,1H3,(H2,19,20,21,22). The van der Waals surface area contributed by atoms with E-state index in [2.05, 4.69) is 20.5 Å². The Morgan fingerprint density at radius 2 is 1.91 bits per heavy atom. The molecule has 6 heteroatoms. The van der Waals surface area contributed by atoms with E-state index in [1.165, 1.54) is 7.11 Å². The fourth-order valence-electron chi connectivity index (χ4n) is 2.28. The van der Waals surface area contributed by atoms with Gasteiger partial charge in [-0.3, -0.25) is 14.9 Å². The van der Waals surface area contributed by atoms with Crippen molar-refractivity contribution in [2.24, 2.45) is 0 Å². The minimum absolute atomic E-state index is 0.272. The van der Waals surface area contributed by atoms with Gasteiger partial charge in [0.1, 0.15) is 0 Å².